The van der Waals surface area contributed by atoms with Crippen molar-refractivity contribution in [2.45, 2.75) is 44.8 Å². The molecule has 1 amide bonds. The summed E-state index contributed by atoms with van der Waals surface area (Å²) in [6.07, 6.45) is 7.27. The van der Waals surface area contributed by atoms with Gasteiger partial charge in [-0.1, -0.05) is 0 Å². The van der Waals surface area contributed by atoms with Gasteiger partial charge in [-0.05, 0) is 43.6 Å². The third-order valence-electron chi connectivity index (χ3n) is 5.06. The molecule has 1 aliphatic carbocycles. The molecule has 0 aromatic carbocycles. The van der Waals surface area contributed by atoms with Crippen molar-refractivity contribution in [3.05, 3.63) is 17.5 Å². The molecule has 1 aromatic heterocycles. The predicted molar refractivity (Wildman–Crippen MR) is 83.9 cm³/mol. The van der Waals surface area contributed by atoms with Crippen LogP contribution in [0.25, 0.3) is 0 Å². The molecular weight excluding hydrogens is 294 g/mol. The maximum Gasteiger partial charge on any atom is 0.223 e. The average Bonchev–Trinajstić information content (AvgIpc) is 3.29. The van der Waals surface area contributed by atoms with Crippen molar-refractivity contribution in [1.82, 2.24) is 15.1 Å². The molecule has 1 atom stereocenters. The van der Waals surface area contributed by atoms with Crippen molar-refractivity contribution in [1.29, 1.82) is 0 Å². The topological polar surface area (TPSA) is 65.4 Å². The second-order valence-electron chi connectivity index (χ2n) is 6.95. The van der Waals surface area contributed by atoms with Gasteiger partial charge < -0.3 is 14.8 Å². The second-order valence-corrected chi connectivity index (χ2v) is 6.95. The SMILES string of the molecule is O=C(NCC1OCCc2cn(CC3CC3)nc21)C1CCOCC1. The van der Waals surface area contributed by atoms with Gasteiger partial charge in [0.2, 0.25) is 5.91 Å². The van der Waals surface area contributed by atoms with Gasteiger partial charge >= 0.3 is 0 Å². The highest BCUT2D eigenvalue weighted by Crippen LogP contribution is 2.32. The number of carbonyl (C=O) groups is 1. The van der Waals surface area contributed by atoms with Gasteiger partial charge in [-0.3, -0.25) is 9.48 Å². The average molecular weight is 319 g/mol. The van der Waals surface area contributed by atoms with E-state index in [1.807, 2.05) is 0 Å². The Morgan fingerprint density at radius 1 is 1.26 bits per heavy atom. The smallest absolute Gasteiger partial charge is 0.223 e. The van der Waals surface area contributed by atoms with Crippen LogP contribution in [0.4, 0.5) is 0 Å². The van der Waals surface area contributed by atoms with Gasteiger partial charge in [0.15, 0.2) is 0 Å². The summed E-state index contributed by atoms with van der Waals surface area (Å²) in [6.45, 7) is 3.62. The fourth-order valence-electron chi connectivity index (χ4n) is 3.44. The van der Waals surface area contributed by atoms with Crippen LogP contribution >= 0.6 is 0 Å². The normalized spacial score (nSPS) is 25.1. The number of nitrogens with zero attached hydrogens (tertiary/aromatic N) is 2. The zero-order valence-electron chi connectivity index (χ0n) is 13.5. The number of fused-ring (bicyclic) bond motifs is 1. The molecule has 2 aliphatic heterocycles. The van der Waals surface area contributed by atoms with Gasteiger partial charge in [0.25, 0.3) is 0 Å². The van der Waals surface area contributed by atoms with Crippen molar-refractivity contribution in [3.63, 3.8) is 0 Å². The summed E-state index contributed by atoms with van der Waals surface area (Å²) >= 11 is 0. The summed E-state index contributed by atoms with van der Waals surface area (Å²) in [5.74, 6) is 1.02. The van der Waals surface area contributed by atoms with E-state index in [1.165, 1.54) is 18.4 Å². The largest absolute Gasteiger partial charge is 0.381 e. The van der Waals surface area contributed by atoms with Gasteiger partial charge in [0, 0.05) is 38.4 Å². The van der Waals surface area contributed by atoms with Crippen molar-refractivity contribution in [3.8, 4) is 0 Å². The summed E-state index contributed by atoms with van der Waals surface area (Å²) in [7, 11) is 0. The first-order valence-electron chi connectivity index (χ1n) is 8.83. The molecular formula is C17H25N3O3. The standard InChI is InChI=1S/C17H25N3O3/c21-17(13-3-6-22-7-4-13)18-9-15-16-14(5-8-23-15)11-20(19-16)10-12-1-2-12/h11-13,15H,1-10H2,(H,18,21). The Hall–Kier alpha value is -1.40. The van der Waals surface area contributed by atoms with E-state index in [4.69, 9.17) is 14.6 Å². The fourth-order valence-corrected chi connectivity index (χ4v) is 3.44. The molecule has 0 spiro atoms. The third-order valence-corrected chi connectivity index (χ3v) is 5.06. The number of amides is 1. The molecule has 2 fully saturated rings. The van der Waals surface area contributed by atoms with Crippen LogP contribution < -0.4 is 5.32 Å². The van der Waals surface area contributed by atoms with Crippen LogP contribution in [0.2, 0.25) is 0 Å². The molecule has 3 aliphatic rings. The second kappa shape index (κ2) is 6.61. The van der Waals surface area contributed by atoms with E-state index >= 15 is 0 Å². The van der Waals surface area contributed by atoms with Crippen LogP contribution in [-0.2, 0) is 27.2 Å². The van der Waals surface area contributed by atoms with E-state index in [9.17, 15) is 4.79 Å². The van der Waals surface area contributed by atoms with E-state index in [0.29, 0.717) is 26.4 Å². The van der Waals surface area contributed by atoms with Crippen LogP contribution in [0.5, 0.6) is 0 Å². The zero-order chi connectivity index (χ0) is 15.6. The van der Waals surface area contributed by atoms with E-state index in [-0.39, 0.29) is 17.9 Å². The fraction of sp³-hybridized carbons (Fsp3) is 0.765. The number of ether oxygens (including phenoxy) is 2. The van der Waals surface area contributed by atoms with Gasteiger partial charge in [0.1, 0.15) is 6.10 Å². The highest BCUT2D eigenvalue weighted by atomic mass is 16.5. The Morgan fingerprint density at radius 3 is 2.87 bits per heavy atom. The Morgan fingerprint density at radius 2 is 2.09 bits per heavy atom. The molecule has 3 heterocycles. The number of aromatic nitrogens is 2. The maximum atomic E-state index is 12.3. The molecule has 1 unspecified atom stereocenters. The first-order chi connectivity index (χ1) is 11.3. The molecule has 126 valence electrons. The van der Waals surface area contributed by atoms with Gasteiger partial charge in [-0.2, -0.15) is 5.10 Å². The highest BCUT2D eigenvalue weighted by Gasteiger charge is 2.29. The summed E-state index contributed by atoms with van der Waals surface area (Å²) in [4.78, 5) is 12.3. The molecule has 23 heavy (non-hydrogen) atoms. The Balaban J connectivity index is 1.36. The van der Waals surface area contributed by atoms with Crippen LogP contribution in [-0.4, -0.2) is 42.1 Å². The molecule has 1 N–H and O–H groups in total. The Bertz CT molecular complexity index is 561. The first kappa shape index (κ1) is 15.1. The van der Waals surface area contributed by atoms with Crippen LogP contribution in [0.3, 0.4) is 0 Å². The third kappa shape index (κ3) is 3.58. The van der Waals surface area contributed by atoms with Crippen LogP contribution in [0, 0.1) is 11.8 Å². The van der Waals surface area contributed by atoms with Gasteiger partial charge in [-0.15, -0.1) is 0 Å². The first-order valence-corrected chi connectivity index (χ1v) is 8.83. The van der Waals surface area contributed by atoms with Gasteiger partial charge in [-0.25, -0.2) is 0 Å². The van der Waals surface area contributed by atoms with E-state index < -0.39 is 0 Å². The number of rotatable bonds is 5. The summed E-state index contributed by atoms with van der Waals surface area (Å²) in [5.41, 5.74) is 2.30. The summed E-state index contributed by atoms with van der Waals surface area (Å²) in [6, 6.07) is 0. The minimum absolute atomic E-state index is 0.0826. The molecule has 1 saturated heterocycles. The Labute approximate surface area is 136 Å². The monoisotopic (exact) mass is 319 g/mol. The Kier molecular flexibility index (Phi) is 4.35. The summed E-state index contributed by atoms with van der Waals surface area (Å²) < 4.78 is 13.2. The molecule has 6 heteroatoms. The number of nitrogens with one attached hydrogen (secondary N) is 1. The molecule has 0 radical (unpaired) electrons. The molecule has 6 nitrogen and oxygen atoms in total. The zero-order valence-corrected chi connectivity index (χ0v) is 13.5. The van der Waals surface area contributed by atoms with Gasteiger partial charge in [0.05, 0.1) is 12.3 Å². The minimum atomic E-state index is -0.108. The minimum Gasteiger partial charge on any atom is -0.381 e. The lowest BCUT2D eigenvalue weighted by Crippen LogP contribution is -2.37. The van der Waals surface area contributed by atoms with Crippen molar-refractivity contribution >= 4 is 5.91 Å². The number of hydrogen-bond donors (Lipinski definition) is 1. The van der Waals surface area contributed by atoms with Crippen LogP contribution in [0.1, 0.15) is 43.0 Å². The molecule has 1 aromatic rings. The maximum absolute atomic E-state index is 12.3. The van der Waals surface area contributed by atoms with E-state index in [0.717, 1.165) is 37.4 Å². The molecule has 1 saturated carbocycles. The quantitative estimate of drug-likeness (QED) is 0.892. The highest BCUT2D eigenvalue weighted by molar-refractivity contribution is 5.78. The van der Waals surface area contributed by atoms with Crippen LogP contribution in [0.15, 0.2) is 6.20 Å². The van der Waals surface area contributed by atoms with E-state index in [1.54, 1.807) is 0 Å². The lowest BCUT2D eigenvalue weighted by Gasteiger charge is -2.25. The van der Waals surface area contributed by atoms with E-state index in [2.05, 4.69) is 16.2 Å². The molecule has 0 bridgehead atoms. The van der Waals surface area contributed by atoms with Crippen molar-refractivity contribution < 1.29 is 14.3 Å². The summed E-state index contributed by atoms with van der Waals surface area (Å²) in [5, 5.41) is 7.78. The lowest BCUT2D eigenvalue weighted by atomic mass is 9.99. The number of carbonyl (C=O) groups excluding carboxylic acids is 1. The number of hydrogen-bond acceptors (Lipinski definition) is 4. The van der Waals surface area contributed by atoms with Crippen molar-refractivity contribution in [2.75, 3.05) is 26.4 Å². The molecule has 4 rings (SSSR count). The predicted octanol–water partition coefficient (Wildman–Crippen LogP) is 1.45. The lowest BCUT2D eigenvalue weighted by molar-refractivity contribution is -0.128. The van der Waals surface area contributed by atoms with Crippen molar-refractivity contribution in [2.24, 2.45) is 11.8 Å².